The summed E-state index contributed by atoms with van der Waals surface area (Å²) in [7, 11) is 0. The number of para-hydroxylation sites is 1. The Kier molecular flexibility index (Phi) is 14.0. The number of fused-ring (bicyclic) bond motifs is 4. The largest absolute Gasteiger partial charge is 0.509 e. The summed E-state index contributed by atoms with van der Waals surface area (Å²) in [4.78, 5) is 9.76. The van der Waals surface area contributed by atoms with Gasteiger partial charge in [0.15, 0.2) is 0 Å². The second-order valence-corrected chi connectivity index (χ2v) is 25.2. The van der Waals surface area contributed by atoms with Crippen LogP contribution >= 0.6 is 0 Å². The molecule has 5 nitrogen and oxygen atoms in total. The number of hydrogen-bond donors (Lipinski definition) is 0. The molecule has 1 aliphatic rings. The standard InChI is InChI=1S/C72H71N4O.Pt/c1-68(2,3)53-37-49(48-25-17-14-18-26-48)38-55(39-53)74-47-75(66-46-62(70(7,8)9)61(45-65(66)74)69(4,5)6)56-40-54(72(12,13)51-29-21-16-22-30-51)41-58(43-56)77-57-33-34-60-59-31-23-24-32-63(59)76(64(60)44-57)67-42-52(35-36-73-67)71(10,11)50-27-19-15-20-28-50;/h14-42,45-47H,1-13H3;/q-3;. The molecule has 0 saturated heterocycles. The smallest absolute Gasteiger partial charge is 0.135 e. The van der Waals surface area contributed by atoms with Crippen LogP contribution in [0.4, 0.5) is 22.7 Å². The molecule has 0 fully saturated rings. The molecule has 0 unspecified atom stereocenters. The first-order chi connectivity index (χ1) is 36.6. The number of ether oxygens (including phenoxy) is 1. The van der Waals surface area contributed by atoms with Crippen LogP contribution in [0.2, 0.25) is 0 Å². The van der Waals surface area contributed by atoms with Crippen LogP contribution in [0.3, 0.4) is 0 Å². The van der Waals surface area contributed by atoms with Gasteiger partial charge in [0.2, 0.25) is 0 Å². The van der Waals surface area contributed by atoms with Gasteiger partial charge in [0.25, 0.3) is 0 Å². The molecule has 0 saturated carbocycles. The molecular weight excluding hydrogens is 1130 g/mol. The second-order valence-electron chi connectivity index (χ2n) is 25.2. The summed E-state index contributed by atoms with van der Waals surface area (Å²) in [5, 5.41) is 2.20. The molecule has 8 aromatic carbocycles. The number of anilines is 4. The zero-order valence-corrected chi connectivity index (χ0v) is 49.8. The van der Waals surface area contributed by atoms with Crippen molar-refractivity contribution in [2.24, 2.45) is 0 Å². The summed E-state index contributed by atoms with van der Waals surface area (Å²) in [5.74, 6) is 2.01. The molecule has 10 aromatic rings. The van der Waals surface area contributed by atoms with E-state index in [0.29, 0.717) is 11.5 Å². The van der Waals surface area contributed by atoms with E-state index >= 15 is 0 Å². The molecule has 398 valence electrons. The zero-order chi connectivity index (χ0) is 54.2. The first-order valence-electron chi connectivity index (χ1n) is 27.2. The van der Waals surface area contributed by atoms with E-state index in [1.807, 2.05) is 12.3 Å². The number of pyridine rings is 1. The Morgan fingerprint density at radius 2 is 1.01 bits per heavy atom. The van der Waals surface area contributed by atoms with Crippen LogP contribution in [0, 0.1) is 18.8 Å². The van der Waals surface area contributed by atoms with Gasteiger partial charge in [-0.3, -0.25) is 0 Å². The van der Waals surface area contributed by atoms with E-state index < -0.39 is 5.41 Å². The maximum absolute atomic E-state index is 7.14. The van der Waals surface area contributed by atoms with Crippen LogP contribution in [0.5, 0.6) is 11.5 Å². The molecule has 6 heteroatoms. The van der Waals surface area contributed by atoms with Gasteiger partial charge in [0, 0.05) is 66.8 Å². The van der Waals surface area contributed by atoms with Crippen molar-refractivity contribution in [1.29, 1.82) is 0 Å². The minimum Gasteiger partial charge on any atom is -0.509 e. The first-order valence-corrected chi connectivity index (χ1v) is 27.2. The Labute approximate surface area is 478 Å². The minimum absolute atomic E-state index is 0. The molecule has 0 N–H and O–H groups in total. The van der Waals surface area contributed by atoms with Crippen molar-refractivity contribution < 1.29 is 25.8 Å². The molecule has 1 aliphatic heterocycles. The summed E-state index contributed by atoms with van der Waals surface area (Å²) in [6.45, 7) is 32.3. The van der Waals surface area contributed by atoms with Gasteiger partial charge in [-0.25, -0.2) is 4.98 Å². The maximum Gasteiger partial charge on any atom is 0.135 e. The van der Waals surface area contributed by atoms with Gasteiger partial charge in [-0.15, -0.1) is 53.6 Å². The fraction of sp³-hybridized carbons (Fsp3) is 0.250. The van der Waals surface area contributed by atoms with E-state index in [-0.39, 0.29) is 42.7 Å². The number of rotatable bonds is 10. The fourth-order valence-corrected chi connectivity index (χ4v) is 11.2. The normalized spacial score (nSPS) is 13.2. The molecule has 11 rings (SSSR count). The zero-order valence-electron chi connectivity index (χ0n) is 47.5. The molecule has 0 amide bonds. The molecule has 3 heterocycles. The van der Waals surface area contributed by atoms with E-state index in [2.05, 4.69) is 299 Å². The first kappa shape index (κ1) is 54.2. The summed E-state index contributed by atoms with van der Waals surface area (Å²) in [6, 6.07) is 73.4. The van der Waals surface area contributed by atoms with Crippen molar-refractivity contribution >= 4 is 44.6 Å². The number of nitrogens with zero attached hydrogens (tertiary/aromatic N) is 4. The van der Waals surface area contributed by atoms with Gasteiger partial charge in [-0.05, 0) is 114 Å². The van der Waals surface area contributed by atoms with Gasteiger partial charge in [0.05, 0.1) is 0 Å². The van der Waals surface area contributed by atoms with E-state index in [1.165, 1.54) is 44.5 Å². The van der Waals surface area contributed by atoms with Crippen LogP contribution in [-0.2, 0) is 48.1 Å². The van der Waals surface area contributed by atoms with Crippen molar-refractivity contribution in [3.63, 3.8) is 0 Å². The van der Waals surface area contributed by atoms with Crippen molar-refractivity contribution in [2.45, 2.75) is 117 Å². The Morgan fingerprint density at radius 1 is 0.436 bits per heavy atom. The van der Waals surface area contributed by atoms with Crippen molar-refractivity contribution in [1.82, 2.24) is 9.55 Å². The summed E-state index contributed by atoms with van der Waals surface area (Å²) in [5.41, 5.74) is 16.1. The van der Waals surface area contributed by atoms with Gasteiger partial charge in [0.1, 0.15) is 5.82 Å². The molecule has 0 radical (unpaired) electrons. The predicted molar refractivity (Wildman–Crippen MR) is 323 cm³/mol. The topological polar surface area (TPSA) is 33.5 Å². The quantitative estimate of drug-likeness (QED) is 0.128. The van der Waals surface area contributed by atoms with Gasteiger partial charge in [-0.2, -0.15) is 6.07 Å². The minimum atomic E-state index is -0.409. The summed E-state index contributed by atoms with van der Waals surface area (Å²) < 4.78 is 9.37. The molecular formula is C72H71N4OPt-3. The monoisotopic (exact) mass is 1200 g/mol. The van der Waals surface area contributed by atoms with Crippen LogP contribution in [0.1, 0.15) is 129 Å². The van der Waals surface area contributed by atoms with Crippen LogP contribution in [0.15, 0.2) is 188 Å². The van der Waals surface area contributed by atoms with Crippen LogP contribution < -0.4 is 14.5 Å². The number of aromatic nitrogens is 2. The average Bonchev–Trinajstić information content (AvgIpc) is 4.17. The van der Waals surface area contributed by atoms with Gasteiger partial charge >= 0.3 is 0 Å². The molecule has 2 aromatic heterocycles. The third kappa shape index (κ3) is 10.1. The fourth-order valence-electron chi connectivity index (χ4n) is 11.2. The Bertz CT molecular complexity index is 3820. The molecule has 0 atom stereocenters. The molecule has 0 spiro atoms. The van der Waals surface area contributed by atoms with Gasteiger partial charge < -0.3 is 19.1 Å². The Hall–Kier alpha value is -7.20. The summed E-state index contributed by atoms with van der Waals surface area (Å²) in [6.07, 6.45) is 1.93. The molecule has 0 aliphatic carbocycles. The number of hydrogen-bond acceptors (Lipinski definition) is 4. The van der Waals surface area contributed by atoms with Gasteiger partial charge in [-0.1, -0.05) is 211 Å². The van der Waals surface area contributed by atoms with E-state index in [0.717, 1.165) is 55.9 Å². The SMILES string of the molecule is CC(C)(C)c1cc(-c2ccccc2)cc(N2[CH-]N(c3[c-]c(Oc4[c-]c5c(cc4)c4ccccc4n5-c4cc(C(C)(C)c5ccccc5)ccn4)cc(C(C)(C)c4ccccc4)c3)c3cc(C(C)(C)C)c(C(C)(C)C)cc32)c1.[Pt]. The van der Waals surface area contributed by atoms with E-state index in [1.54, 1.807) is 0 Å². The Morgan fingerprint density at radius 3 is 1.63 bits per heavy atom. The van der Waals surface area contributed by atoms with Crippen molar-refractivity contribution in [3.8, 4) is 28.4 Å². The van der Waals surface area contributed by atoms with E-state index in [9.17, 15) is 0 Å². The Balaban J connectivity index is 0.00000688. The number of benzene rings is 8. The predicted octanol–water partition coefficient (Wildman–Crippen LogP) is 19.2. The maximum atomic E-state index is 7.14. The van der Waals surface area contributed by atoms with Crippen molar-refractivity contribution in [2.75, 3.05) is 9.80 Å². The summed E-state index contributed by atoms with van der Waals surface area (Å²) >= 11 is 0. The van der Waals surface area contributed by atoms with Crippen LogP contribution in [0.25, 0.3) is 38.8 Å². The van der Waals surface area contributed by atoms with Crippen molar-refractivity contribution in [3.05, 3.63) is 246 Å². The third-order valence-corrected chi connectivity index (χ3v) is 15.9. The molecule has 0 bridgehead atoms. The average molecular weight is 1200 g/mol. The van der Waals surface area contributed by atoms with E-state index in [4.69, 9.17) is 9.72 Å². The van der Waals surface area contributed by atoms with Crippen LogP contribution in [-0.4, -0.2) is 9.55 Å². The molecule has 78 heavy (non-hydrogen) atoms. The third-order valence-electron chi connectivity index (χ3n) is 15.9. The second kappa shape index (κ2) is 20.2.